The van der Waals surface area contributed by atoms with Crippen LogP contribution in [0.4, 0.5) is 5.13 Å². The van der Waals surface area contributed by atoms with Gasteiger partial charge in [0, 0.05) is 16.9 Å². The van der Waals surface area contributed by atoms with Crippen LogP contribution < -0.4 is 16.7 Å². The van der Waals surface area contributed by atoms with Crippen molar-refractivity contribution in [3.05, 3.63) is 39.0 Å². The number of fused-ring (bicyclic) bond motifs is 1. The highest BCUT2D eigenvalue weighted by molar-refractivity contribution is 8.01. The number of carbonyl (C=O) groups excluding carboxylic acids is 2. The smallest absolute Gasteiger partial charge is 0.362 e. The summed E-state index contributed by atoms with van der Waals surface area (Å²) in [7, 11) is 0. The summed E-state index contributed by atoms with van der Waals surface area (Å²) in [5, 5.41) is 32.2. The quantitative estimate of drug-likeness (QED) is 0.0987. The molecule has 6 N–H and O–H groups in total. The molecule has 0 aliphatic carbocycles. The molecule has 1 fully saturated rings. The number of H-pyrrole nitrogens is 1. The Hall–Kier alpha value is -3.97. The zero-order valence-corrected chi connectivity index (χ0v) is 22.6. The largest absolute Gasteiger partial charge is 0.478 e. The lowest BCUT2D eigenvalue weighted by atomic mass is 10.0. The molecule has 2 amide bonds. The molecule has 4 heterocycles. The Morgan fingerprint density at radius 1 is 1.33 bits per heavy atom. The number of thioether (sulfide) groups is 2. The first-order chi connectivity index (χ1) is 18.4. The molecule has 2 aliphatic heterocycles. The number of nitrogens with two attached hydrogens (primary N) is 1. The number of carbonyl (C=O) groups is 4. The number of amides is 2. The Balaban J connectivity index is 1.52. The summed E-state index contributed by atoms with van der Waals surface area (Å²) in [5.74, 6) is -3.85. The van der Waals surface area contributed by atoms with Crippen molar-refractivity contribution < 1.29 is 34.2 Å². The van der Waals surface area contributed by atoms with Crippen LogP contribution in [-0.4, -0.2) is 93.3 Å². The number of aliphatic carboxylic acids is 2. The maximum atomic E-state index is 13.1. The van der Waals surface area contributed by atoms with Gasteiger partial charge in [0.15, 0.2) is 10.8 Å². The minimum atomic E-state index is -1.77. The Labute approximate surface area is 231 Å². The number of nitrogens with one attached hydrogen (secondary N) is 2. The molecule has 2 aromatic rings. The third-order valence-electron chi connectivity index (χ3n) is 5.34. The molecule has 0 bridgehead atoms. The van der Waals surface area contributed by atoms with E-state index in [1.165, 1.54) is 37.2 Å². The predicted molar refractivity (Wildman–Crippen MR) is 139 cm³/mol. The van der Waals surface area contributed by atoms with E-state index in [-0.39, 0.29) is 33.1 Å². The first-order valence-electron chi connectivity index (χ1n) is 10.9. The molecule has 39 heavy (non-hydrogen) atoms. The summed E-state index contributed by atoms with van der Waals surface area (Å²) in [4.78, 5) is 74.8. The van der Waals surface area contributed by atoms with Gasteiger partial charge in [0.05, 0.1) is 6.20 Å². The lowest BCUT2D eigenvalue weighted by molar-refractivity contribution is -0.161. The number of aromatic nitrogens is 4. The second kappa shape index (κ2) is 11.0. The van der Waals surface area contributed by atoms with Gasteiger partial charge in [0.2, 0.25) is 5.60 Å². The van der Waals surface area contributed by atoms with E-state index in [1.54, 1.807) is 0 Å². The van der Waals surface area contributed by atoms with E-state index < -0.39 is 52.2 Å². The van der Waals surface area contributed by atoms with E-state index in [1.807, 2.05) is 0 Å². The van der Waals surface area contributed by atoms with Gasteiger partial charge in [-0.3, -0.25) is 14.5 Å². The van der Waals surface area contributed by atoms with Gasteiger partial charge in [-0.15, -0.1) is 34.9 Å². The number of oxime groups is 1. The number of nitrogen functional groups attached to an aromatic ring is 1. The summed E-state index contributed by atoms with van der Waals surface area (Å²) >= 11 is 3.34. The fourth-order valence-corrected chi connectivity index (χ4v) is 6.19. The fraction of sp³-hybridized carbons (Fsp3) is 0.350. The van der Waals surface area contributed by atoms with Gasteiger partial charge in [-0.1, -0.05) is 5.16 Å². The van der Waals surface area contributed by atoms with Crippen LogP contribution in [0.2, 0.25) is 0 Å². The standard InChI is InChI=1S/C20H20N8O8S3/c1-20(2,17(33)34)36-27-10(8-6-39-18(21)23-8)13(29)25-11-14(30)28-12(16(31)32)7(5-38-15(11)28)4-37-9-3-22-26-19(35)24-9/h3,6,11,15H,4-5H2,1-2H3,(H2,21,23)(H,25,29)(H,31,32)(H,33,34)(H,24,26,35)/t11?,15-/m0/s1. The van der Waals surface area contributed by atoms with Gasteiger partial charge in [0.25, 0.3) is 11.8 Å². The molecule has 1 saturated heterocycles. The van der Waals surface area contributed by atoms with Crippen LogP contribution in [0.25, 0.3) is 0 Å². The summed E-state index contributed by atoms with van der Waals surface area (Å²) in [6.07, 6.45) is 1.32. The summed E-state index contributed by atoms with van der Waals surface area (Å²) < 4.78 is 0. The lowest BCUT2D eigenvalue weighted by Crippen LogP contribution is -2.71. The molecule has 16 nitrogen and oxygen atoms in total. The van der Waals surface area contributed by atoms with Crippen LogP contribution in [0.5, 0.6) is 0 Å². The fourth-order valence-electron chi connectivity index (χ4n) is 3.33. The lowest BCUT2D eigenvalue weighted by Gasteiger charge is -2.49. The molecular weight excluding hydrogens is 576 g/mol. The molecule has 2 aliphatic rings. The maximum Gasteiger partial charge on any atom is 0.362 e. The van der Waals surface area contributed by atoms with Gasteiger partial charge in [-0.2, -0.15) is 10.1 Å². The molecule has 1 unspecified atom stereocenters. The van der Waals surface area contributed by atoms with Gasteiger partial charge < -0.3 is 26.1 Å². The highest BCUT2D eigenvalue weighted by Gasteiger charge is 2.54. The van der Waals surface area contributed by atoms with Crippen LogP contribution in [0.3, 0.4) is 0 Å². The third-order valence-corrected chi connectivity index (χ3v) is 8.34. The molecule has 0 saturated carbocycles. The van der Waals surface area contributed by atoms with E-state index >= 15 is 0 Å². The Kier molecular flexibility index (Phi) is 7.93. The first kappa shape index (κ1) is 28.0. The Morgan fingerprint density at radius 3 is 2.69 bits per heavy atom. The van der Waals surface area contributed by atoms with E-state index in [0.29, 0.717) is 5.57 Å². The highest BCUT2D eigenvalue weighted by Crippen LogP contribution is 2.41. The number of rotatable bonds is 10. The molecule has 19 heteroatoms. The van der Waals surface area contributed by atoms with Crippen LogP contribution in [0.1, 0.15) is 19.5 Å². The minimum absolute atomic E-state index is 0.00407. The molecule has 2 atom stereocenters. The van der Waals surface area contributed by atoms with Crippen molar-refractivity contribution in [1.82, 2.24) is 30.4 Å². The highest BCUT2D eigenvalue weighted by atomic mass is 32.2. The van der Waals surface area contributed by atoms with Crippen molar-refractivity contribution in [3.8, 4) is 0 Å². The molecule has 4 rings (SSSR count). The zero-order valence-electron chi connectivity index (χ0n) is 20.1. The zero-order chi connectivity index (χ0) is 28.5. The van der Waals surface area contributed by atoms with Crippen molar-refractivity contribution in [1.29, 1.82) is 0 Å². The van der Waals surface area contributed by atoms with E-state index in [2.05, 4.69) is 30.6 Å². The van der Waals surface area contributed by atoms with Crippen molar-refractivity contribution in [2.24, 2.45) is 5.16 Å². The average Bonchev–Trinajstić information content (AvgIpc) is 3.30. The number of carboxylic acid groups (broad SMARTS) is 2. The second-order valence-corrected chi connectivity index (χ2v) is 11.4. The Morgan fingerprint density at radius 2 is 2.08 bits per heavy atom. The number of nitrogens with zero attached hydrogens (tertiary/aromatic N) is 5. The molecule has 0 radical (unpaired) electrons. The van der Waals surface area contributed by atoms with Gasteiger partial charge in [-0.25, -0.2) is 24.5 Å². The van der Waals surface area contributed by atoms with Crippen LogP contribution in [0.15, 0.2) is 37.8 Å². The van der Waals surface area contributed by atoms with Gasteiger partial charge in [-0.05, 0) is 19.4 Å². The molecular formula is C20H20N8O8S3. The Bertz CT molecular complexity index is 1470. The third kappa shape index (κ3) is 5.88. The molecule has 206 valence electrons. The summed E-state index contributed by atoms with van der Waals surface area (Å²) in [5.41, 5.74) is 3.04. The van der Waals surface area contributed by atoms with E-state index in [9.17, 15) is 34.2 Å². The van der Waals surface area contributed by atoms with Crippen molar-refractivity contribution >= 4 is 69.5 Å². The average molecular weight is 597 g/mol. The first-order valence-corrected chi connectivity index (χ1v) is 13.8. The number of hydrogen-bond acceptors (Lipinski definition) is 14. The van der Waals surface area contributed by atoms with Gasteiger partial charge in [0.1, 0.15) is 27.8 Å². The molecule has 0 aromatic carbocycles. The topological polar surface area (TPSA) is 243 Å². The summed E-state index contributed by atoms with van der Waals surface area (Å²) in [6, 6.07) is -1.10. The number of aromatic amines is 1. The number of carboxylic acids is 2. The van der Waals surface area contributed by atoms with E-state index in [4.69, 9.17) is 10.6 Å². The van der Waals surface area contributed by atoms with Gasteiger partial charge >= 0.3 is 17.6 Å². The monoisotopic (exact) mass is 596 g/mol. The number of thiazole rings is 1. The van der Waals surface area contributed by atoms with Crippen LogP contribution in [-0.2, 0) is 24.0 Å². The number of β-lactam (4-membered cyclic amide) rings is 1. The van der Waals surface area contributed by atoms with E-state index in [0.717, 1.165) is 28.0 Å². The molecule has 0 spiro atoms. The van der Waals surface area contributed by atoms with Crippen molar-refractivity contribution in [2.45, 2.75) is 35.9 Å². The SMILES string of the molecule is CC(C)(ON=C(C(=O)NC1C(=O)N2C(C(=O)O)=C(CSc3cn[nH]c(=O)n3)CS[C@@H]12)c1csc(N)n1)C(=O)O. The second-order valence-electron chi connectivity index (χ2n) is 8.45. The normalized spacial score (nSPS) is 19.3. The maximum absolute atomic E-state index is 13.1. The van der Waals surface area contributed by atoms with Crippen LogP contribution in [0, 0.1) is 0 Å². The molecule has 2 aromatic heterocycles. The summed E-state index contributed by atoms with van der Waals surface area (Å²) in [6.45, 7) is 2.46. The van der Waals surface area contributed by atoms with Crippen molar-refractivity contribution in [3.63, 3.8) is 0 Å². The number of anilines is 1. The number of hydrogen-bond donors (Lipinski definition) is 5. The predicted octanol–water partition coefficient (Wildman–Crippen LogP) is -0.682. The van der Waals surface area contributed by atoms with Crippen LogP contribution >= 0.6 is 34.9 Å². The minimum Gasteiger partial charge on any atom is -0.478 e. The van der Waals surface area contributed by atoms with Crippen molar-refractivity contribution in [2.75, 3.05) is 17.2 Å².